The number of hydrogen-bond donors (Lipinski definition) is 1. The monoisotopic (exact) mass is 723 g/mol. The molecule has 0 bridgehead atoms. The van der Waals surface area contributed by atoms with E-state index in [4.69, 9.17) is 4.74 Å². The lowest BCUT2D eigenvalue weighted by molar-refractivity contribution is -0.140. The number of rotatable bonds is 15. The van der Waals surface area contributed by atoms with Gasteiger partial charge in [-0.15, -0.1) is 0 Å². The molecule has 8 nitrogen and oxygen atoms in total. The molecule has 0 aliphatic rings. The van der Waals surface area contributed by atoms with E-state index >= 15 is 0 Å². The number of nitrogens with zero attached hydrogens (tertiary/aromatic N) is 2. The van der Waals surface area contributed by atoms with Gasteiger partial charge in [-0.2, -0.15) is 0 Å². The molecule has 11 heteroatoms. The third kappa shape index (κ3) is 9.65. The van der Waals surface area contributed by atoms with Crippen molar-refractivity contribution >= 4 is 43.5 Å². The molecular formula is C36H39BrFN3O5S. The first-order chi connectivity index (χ1) is 22.5. The summed E-state index contributed by atoms with van der Waals surface area (Å²) in [5, 5.41) is 3.02. The molecule has 2 atom stereocenters. The lowest BCUT2D eigenvalue weighted by Gasteiger charge is -2.34. The zero-order chi connectivity index (χ0) is 34.0. The van der Waals surface area contributed by atoms with Gasteiger partial charge in [0.25, 0.3) is 10.0 Å². The second-order valence-corrected chi connectivity index (χ2v) is 13.8. The number of halogens is 2. The fraction of sp³-hybridized carbons (Fsp3) is 0.278. The van der Waals surface area contributed by atoms with Crippen LogP contribution in [0.1, 0.15) is 38.3 Å². The van der Waals surface area contributed by atoms with Crippen molar-refractivity contribution in [3.8, 4) is 5.75 Å². The third-order valence-electron chi connectivity index (χ3n) is 7.65. The third-order valence-corrected chi connectivity index (χ3v) is 9.97. The highest BCUT2D eigenvalue weighted by Crippen LogP contribution is 2.27. The topological polar surface area (TPSA) is 96.0 Å². The molecule has 0 aromatic heterocycles. The van der Waals surface area contributed by atoms with E-state index in [0.29, 0.717) is 18.8 Å². The first-order valence-corrected chi connectivity index (χ1v) is 17.6. The number of amides is 2. The van der Waals surface area contributed by atoms with Crippen LogP contribution < -0.4 is 14.4 Å². The van der Waals surface area contributed by atoms with Crippen molar-refractivity contribution in [2.75, 3.05) is 17.5 Å². The molecule has 4 aromatic carbocycles. The molecule has 0 unspecified atom stereocenters. The van der Waals surface area contributed by atoms with Gasteiger partial charge >= 0.3 is 0 Å². The molecule has 0 heterocycles. The lowest BCUT2D eigenvalue weighted by Crippen LogP contribution is -2.54. The summed E-state index contributed by atoms with van der Waals surface area (Å²) in [6.45, 7) is 5.47. The van der Waals surface area contributed by atoms with Crippen LogP contribution in [0.4, 0.5) is 10.1 Å². The van der Waals surface area contributed by atoms with Crippen molar-refractivity contribution in [3.05, 3.63) is 125 Å². The number of carbonyl (C=O) groups is 2. The first kappa shape index (κ1) is 35.6. The summed E-state index contributed by atoms with van der Waals surface area (Å²) >= 11 is 3.44. The van der Waals surface area contributed by atoms with Gasteiger partial charge in [0.2, 0.25) is 11.8 Å². The molecule has 2 amide bonds. The van der Waals surface area contributed by atoms with E-state index in [0.717, 1.165) is 32.0 Å². The minimum atomic E-state index is -4.33. The maximum Gasteiger partial charge on any atom is 0.264 e. The summed E-state index contributed by atoms with van der Waals surface area (Å²) < 4.78 is 49.6. The van der Waals surface area contributed by atoms with Gasteiger partial charge in [0.15, 0.2) is 0 Å². The van der Waals surface area contributed by atoms with E-state index < -0.39 is 34.3 Å². The van der Waals surface area contributed by atoms with Crippen LogP contribution in [0.3, 0.4) is 0 Å². The number of ether oxygens (including phenoxy) is 1. The Kier molecular flexibility index (Phi) is 12.6. The highest BCUT2D eigenvalue weighted by Gasteiger charge is 2.35. The smallest absolute Gasteiger partial charge is 0.264 e. The predicted molar refractivity (Wildman–Crippen MR) is 185 cm³/mol. The van der Waals surface area contributed by atoms with Crippen LogP contribution in [-0.4, -0.2) is 50.4 Å². The summed E-state index contributed by atoms with van der Waals surface area (Å²) in [6, 6.07) is 26.4. The van der Waals surface area contributed by atoms with Crippen LogP contribution in [-0.2, 0) is 32.6 Å². The Morgan fingerprint density at radius 3 is 2.11 bits per heavy atom. The van der Waals surface area contributed by atoms with Crippen molar-refractivity contribution in [2.24, 2.45) is 0 Å². The van der Waals surface area contributed by atoms with Gasteiger partial charge in [-0.3, -0.25) is 13.9 Å². The van der Waals surface area contributed by atoms with Crippen LogP contribution in [0.25, 0.3) is 0 Å². The van der Waals surface area contributed by atoms with E-state index in [1.54, 1.807) is 0 Å². The van der Waals surface area contributed by atoms with Gasteiger partial charge in [0, 0.05) is 23.5 Å². The molecule has 0 saturated carbocycles. The molecule has 4 rings (SSSR count). The van der Waals surface area contributed by atoms with Gasteiger partial charge in [0.1, 0.15) is 24.2 Å². The predicted octanol–water partition coefficient (Wildman–Crippen LogP) is 6.74. The maximum atomic E-state index is 14.5. The fourth-order valence-electron chi connectivity index (χ4n) is 4.92. The number of anilines is 1. The second-order valence-electron chi connectivity index (χ2n) is 11.1. The first-order valence-electron chi connectivity index (χ1n) is 15.4. The summed E-state index contributed by atoms with van der Waals surface area (Å²) in [6.07, 6.45) is 0.886. The Balaban J connectivity index is 1.79. The Morgan fingerprint density at radius 2 is 1.51 bits per heavy atom. The molecule has 0 radical (unpaired) electrons. The lowest BCUT2D eigenvalue weighted by atomic mass is 10.0. The molecular weight excluding hydrogens is 685 g/mol. The number of benzene rings is 4. The molecule has 0 spiro atoms. The minimum absolute atomic E-state index is 0.0396. The van der Waals surface area contributed by atoms with Crippen molar-refractivity contribution in [2.45, 2.75) is 57.1 Å². The minimum Gasteiger partial charge on any atom is -0.494 e. The largest absolute Gasteiger partial charge is 0.494 e. The average Bonchev–Trinajstić information content (AvgIpc) is 3.07. The normalized spacial score (nSPS) is 12.5. The van der Waals surface area contributed by atoms with Crippen molar-refractivity contribution in [3.63, 3.8) is 0 Å². The SMILES string of the molecule is CCOc1ccc(S(=O)(=O)N(CC(=O)N(Cc2ccc(Br)cc2)[C@@H](Cc2ccccc2)C(=O)N[C@H](C)CC)c2ccc(F)cc2)cc1. The zero-order valence-electron chi connectivity index (χ0n) is 26.6. The summed E-state index contributed by atoms with van der Waals surface area (Å²) in [7, 11) is -4.33. The molecule has 0 saturated heterocycles. The van der Waals surface area contributed by atoms with Crippen LogP contribution in [0.15, 0.2) is 112 Å². The fourth-order valence-corrected chi connectivity index (χ4v) is 6.60. The highest BCUT2D eigenvalue weighted by atomic mass is 79.9. The summed E-state index contributed by atoms with van der Waals surface area (Å²) in [5.74, 6) is -1.02. The Hall–Kier alpha value is -4.22. The van der Waals surface area contributed by atoms with Crippen molar-refractivity contribution < 1.29 is 27.1 Å². The molecule has 0 aliphatic carbocycles. The Morgan fingerprint density at radius 1 is 0.872 bits per heavy atom. The maximum absolute atomic E-state index is 14.5. The molecule has 1 N–H and O–H groups in total. The molecule has 0 aliphatic heterocycles. The standard InChI is InChI=1S/C36H39BrFN3O5S/c1-4-26(3)39-36(43)34(23-27-9-7-6-8-10-27)40(24-28-11-13-29(37)14-12-28)35(42)25-41(31-17-15-30(38)16-18-31)47(44,45)33-21-19-32(20-22-33)46-5-2/h6-22,26,34H,4-5,23-25H2,1-3H3,(H,39,43)/t26-,34+/m1/s1. The average molecular weight is 725 g/mol. The van der Waals surface area contributed by atoms with E-state index in [2.05, 4.69) is 21.2 Å². The zero-order valence-corrected chi connectivity index (χ0v) is 29.0. The molecule has 4 aromatic rings. The number of hydrogen-bond acceptors (Lipinski definition) is 5. The van der Waals surface area contributed by atoms with Gasteiger partial charge in [-0.25, -0.2) is 12.8 Å². The van der Waals surface area contributed by atoms with Gasteiger partial charge < -0.3 is 15.0 Å². The summed E-state index contributed by atoms with van der Waals surface area (Å²) in [4.78, 5) is 29.8. The molecule has 248 valence electrons. The summed E-state index contributed by atoms with van der Waals surface area (Å²) in [5.41, 5.74) is 1.68. The van der Waals surface area contributed by atoms with E-state index in [-0.39, 0.29) is 35.5 Å². The van der Waals surface area contributed by atoms with Gasteiger partial charge in [0.05, 0.1) is 17.2 Å². The van der Waals surface area contributed by atoms with Gasteiger partial charge in [-0.1, -0.05) is 65.3 Å². The van der Waals surface area contributed by atoms with E-state index in [1.807, 2.05) is 75.4 Å². The van der Waals surface area contributed by atoms with E-state index in [9.17, 15) is 22.4 Å². The number of nitrogens with one attached hydrogen (secondary N) is 1. The van der Waals surface area contributed by atoms with E-state index in [1.165, 1.54) is 41.3 Å². The second kappa shape index (κ2) is 16.6. The van der Waals surface area contributed by atoms with Crippen LogP contribution >= 0.6 is 15.9 Å². The molecule has 47 heavy (non-hydrogen) atoms. The van der Waals surface area contributed by atoms with Crippen molar-refractivity contribution in [1.82, 2.24) is 10.2 Å². The number of sulfonamides is 1. The van der Waals surface area contributed by atoms with Crippen LogP contribution in [0.5, 0.6) is 5.75 Å². The van der Waals surface area contributed by atoms with Crippen molar-refractivity contribution in [1.29, 1.82) is 0 Å². The Bertz CT molecular complexity index is 1720. The Labute approximate surface area is 284 Å². The molecule has 0 fully saturated rings. The quantitative estimate of drug-likeness (QED) is 0.147. The van der Waals surface area contributed by atoms with Crippen LogP contribution in [0.2, 0.25) is 0 Å². The van der Waals surface area contributed by atoms with Gasteiger partial charge in [-0.05, 0) is 92.1 Å². The number of carbonyl (C=O) groups excluding carboxylic acids is 2. The highest BCUT2D eigenvalue weighted by molar-refractivity contribution is 9.10. The van der Waals surface area contributed by atoms with Crippen LogP contribution in [0, 0.1) is 5.82 Å².